The summed E-state index contributed by atoms with van der Waals surface area (Å²) in [6, 6.07) is 1.93. The smallest absolute Gasteiger partial charge is 0.342 e. The number of piperazine rings is 1. The first-order valence-electron chi connectivity index (χ1n) is 7.09. The normalized spacial score (nSPS) is 19.2. The van der Waals surface area contributed by atoms with Crippen molar-refractivity contribution >= 4 is 23.4 Å². The van der Waals surface area contributed by atoms with Gasteiger partial charge in [0.2, 0.25) is 5.91 Å². The van der Waals surface area contributed by atoms with Gasteiger partial charge in [-0.1, -0.05) is 18.5 Å². The van der Waals surface area contributed by atoms with Crippen LogP contribution in [0.25, 0.3) is 0 Å². The first-order chi connectivity index (χ1) is 10.7. The third-order valence-electron chi connectivity index (χ3n) is 3.89. The summed E-state index contributed by atoms with van der Waals surface area (Å²) in [7, 11) is 1.63. The van der Waals surface area contributed by atoms with Crippen molar-refractivity contribution < 1.29 is 22.8 Å². The predicted octanol–water partition coefficient (Wildman–Crippen LogP) is 3.05. The summed E-state index contributed by atoms with van der Waals surface area (Å²) in [4.78, 5) is 27.6. The third kappa shape index (κ3) is 3.44. The summed E-state index contributed by atoms with van der Waals surface area (Å²) >= 11 is 5.91. The molecule has 8 heteroatoms. The van der Waals surface area contributed by atoms with Crippen LogP contribution in [0.2, 0.25) is 5.02 Å². The van der Waals surface area contributed by atoms with Crippen LogP contribution in [0.3, 0.4) is 0 Å². The lowest BCUT2D eigenvalue weighted by Gasteiger charge is -2.39. The topological polar surface area (TPSA) is 40.6 Å². The lowest BCUT2D eigenvalue weighted by Crippen LogP contribution is -2.57. The molecular formula is C15H16ClF3N2O2. The van der Waals surface area contributed by atoms with Crippen LogP contribution in [0.5, 0.6) is 0 Å². The Morgan fingerprint density at radius 1 is 1.35 bits per heavy atom. The van der Waals surface area contributed by atoms with E-state index in [9.17, 15) is 22.8 Å². The van der Waals surface area contributed by atoms with Crippen LogP contribution >= 0.6 is 11.6 Å². The molecule has 1 aromatic carbocycles. The molecule has 1 heterocycles. The molecule has 126 valence electrons. The largest absolute Gasteiger partial charge is 0.416 e. The Labute approximate surface area is 136 Å². The van der Waals surface area contributed by atoms with Crippen LogP contribution in [-0.2, 0) is 11.0 Å². The standard InChI is InChI=1S/C15H16ClF3N2O2/c1-3-12-14(23)20(2)6-7-21(12)13(22)10-8-9(15(17,18)19)4-5-11(10)16/h4-5,8,12H,3,6-7H2,1-2H3. The first kappa shape index (κ1) is 17.6. The molecule has 1 aromatic rings. The molecular weight excluding hydrogens is 333 g/mol. The van der Waals surface area contributed by atoms with Gasteiger partial charge in [0.1, 0.15) is 6.04 Å². The van der Waals surface area contributed by atoms with Crippen molar-refractivity contribution in [3.8, 4) is 0 Å². The highest BCUT2D eigenvalue weighted by molar-refractivity contribution is 6.33. The molecule has 1 aliphatic heterocycles. The number of alkyl halides is 3. The van der Waals surface area contributed by atoms with E-state index in [4.69, 9.17) is 11.6 Å². The fraction of sp³-hybridized carbons (Fsp3) is 0.467. The quantitative estimate of drug-likeness (QED) is 0.824. The van der Waals surface area contributed by atoms with Gasteiger partial charge in [-0.15, -0.1) is 0 Å². The molecule has 1 unspecified atom stereocenters. The van der Waals surface area contributed by atoms with Crippen molar-refractivity contribution in [1.29, 1.82) is 0 Å². The van der Waals surface area contributed by atoms with Gasteiger partial charge in [0.15, 0.2) is 0 Å². The average molecular weight is 349 g/mol. The van der Waals surface area contributed by atoms with E-state index in [-0.39, 0.29) is 23.0 Å². The Bertz CT molecular complexity index is 634. The fourth-order valence-corrected chi connectivity index (χ4v) is 2.77. The third-order valence-corrected chi connectivity index (χ3v) is 4.22. The molecule has 1 atom stereocenters. The van der Waals surface area contributed by atoms with E-state index >= 15 is 0 Å². The van der Waals surface area contributed by atoms with Gasteiger partial charge in [0.05, 0.1) is 16.1 Å². The molecule has 0 radical (unpaired) electrons. The molecule has 0 spiro atoms. The van der Waals surface area contributed by atoms with Crippen LogP contribution in [0.1, 0.15) is 29.3 Å². The maximum atomic E-state index is 12.8. The Kier molecular flexibility index (Phi) is 4.89. The Morgan fingerprint density at radius 3 is 2.57 bits per heavy atom. The van der Waals surface area contributed by atoms with Crippen LogP contribution in [-0.4, -0.2) is 47.8 Å². The molecule has 1 fully saturated rings. The second kappa shape index (κ2) is 6.39. The minimum atomic E-state index is -4.57. The molecule has 0 N–H and O–H groups in total. The summed E-state index contributed by atoms with van der Waals surface area (Å²) in [6.07, 6.45) is -4.19. The lowest BCUT2D eigenvalue weighted by atomic mass is 10.0. The van der Waals surface area contributed by atoms with Gasteiger partial charge in [0, 0.05) is 20.1 Å². The highest BCUT2D eigenvalue weighted by Gasteiger charge is 2.37. The first-order valence-corrected chi connectivity index (χ1v) is 7.47. The van der Waals surface area contributed by atoms with E-state index in [1.165, 1.54) is 9.80 Å². The van der Waals surface area contributed by atoms with E-state index in [2.05, 4.69) is 0 Å². The molecule has 2 amide bonds. The molecule has 1 saturated heterocycles. The monoisotopic (exact) mass is 348 g/mol. The highest BCUT2D eigenvalue weighted by atomic mass is 35.5. The Balaban J connectivity index is 2.38. The zero-order chi connectivity index (χ0) is 17.4. The Hall–Kier alpha value is -1.76. The van der Waals surface area contributed by atoms with Crippen molar-refractivity contribution in [2.24, 2.45) is 0 Å². The van der Waals surface area contributed by atoms with Crippen LogP contribution in [0.4, 0.5) is 13.2 Å². The number of nitrogens with zero attached hydrogens (tertiary/aromatic N) is 2. The number of rotatable bonds is 2. The minimum Gasteiger partial charge on any atom is -0.342 e. The van der Waals surface area contributed by atoms with E-state index in [0.29, 0.717) is 13.0 Å². The molecule has 23 heavy (non-hydrogen) atoms. The zero-order valence-corrected chi connectivity index (χ0v) is 13.4. The minimum absolute atomic E-state index is 0.0655. The van der Waals surface area contributed by atoms with Gasteiger partial charge < -0.3 is 9.80 Å². The highest BCUT2D eigenvalue weighted by Crippen LogP contribution is 2.32. The number of carbonyl (C=O) groups excluding carboxylic acids is 2. The second-order valence-corrected chi connectivity index (χ2v) is 5.78. The second-order valence-electron chi connectivity index (χ2n) is 5.37. The van der Waals surface area contributed by atoms with Gasteiger partial charge >= 0.3 is 6.18 Å². The zero-order valence-electron chi connectivity index (χ0n) is 12.7. The summed E-state index contributed by atoms with van der Waals surface area (Å²) in [5.41, 5.74) is -1.18. The van der Waals surface area contributed by atoms with Gasteiger partial charge in [-0.2, -0.15) is 13.2 Å². The molecule has 4 nitrogen and oxygen atoms in total. The van der Waals surface area contributed by atoms with Crippen LogP contribution in [0.15, 0.2) is 18.2 Å². The maximum absolute atomic E-state index is 12.8. The Morgan fingerprint density at radius 2 is 2.00 bits per heavy atom. The van der Waals surface area contributed by atoms with Crippen molar-refractivity contribution in [3.63, 3.8) is 0 Å². The average Bonchev–Trinajstić information content (AvgIpc) is 2.48. The van der Waals surface area contributed by atoms with Crippen molar-refractivity contribution in [3.05, 3.63) is 34.3 Å². The summed E-state index contributed by atoms with van der Waals surface area (Å²) < 4.78 is 38.5. The molecule has 2 rings (SSSR count). The van der Waals surface area contributed by atoms with Crippen molar-refractivity contribution in [1.82, 2.24) is 9.80 Å². The van der Waals surface area contributed by atoms with E-state index in [0.717, 1.165) is 18.2 Å². The molecule has 0 saturated carbocycles. The predicted molar refractivity (Wildman–Crippen MR) is 79.2 cm³/mol. The number of halogens is 4. The van der Waals surface area contributed by atoms with Crippen molar-refractivity contribution in [2.75, 3.05) is 20.1 Å². The van der Waals surface area contributed by atoms with Gasteiger partial charge in [-0.05, 0) is 24.6 Å². The maximum Gasteiger partial charge on any atom is 0.416 e. The number of benzene rings is 1. The molecule has 1 aliphatic rings. The van der Waals surface area contributed by atoms with Gasteiger partial charge in [0.25, 0.3) is 5.91 Å². The van der Waals surface area contributed by atoms with Gasteiger partial charge in [-0.25, -0.2) is 0 Å². The fourth-order valence-electron chi connectivity index (χ4n) is 2.57. The van der Waals surface area contributed by atoms with E-state index in [1.807, 2.05) is 0 Å². The molecule has 0 bridgehead atoms. The lowest BCUT2D eigenvalue weighted by molar-refractivity contribution is -0.139. The number of hydrogen-bond acceptors (Lipinski definition) is 2. The van der Waals surface area contributed by atoms with Crippen LogP contribution < -0.4 is 0 Å². The summed E-state index contributed by atoms with van der Waals surface area (Å²) in [5.74, 6) is -0.885. The number of hydrogen-bond donors (Lipinski definition) is 0. The number of likely N-dealkylation sites (N-methyl/N-ethyl adjacent to an activating group) is 1. The van der Waals surface area contributed by atoms with E-state index in [1.54, 1.807) is 14.0 Å². The number of amides is 2. The SMILES string of the molecule is CCC1C(=O)N(C)CCN1C(=O)c1cc(C(F)(F)F)ccc1Cl. The van der Waals surface area contributed by atoms with Crippen LogP contribution in [0, 0.1) is 0 Å². The van der Waals surface area contributed by atoms with E-state index < -0.39 is 23.7 Å². The molecule has 0 aliphatic carbocycles. The van der Waals surface area contributed by atoms with Gasteiger partial charge in [-0.3, -0.25) is 9.59 Å². The number of carbonyl (C=O) groups is 2. The summed E-state index contributed by atoms with van der Waals surface area (Å²) in [5, 5.41) is -0.0655. The van der Waals surface area contributed by atoms with Crippen molar-refractivity contribution in [2.45, 2.75) is 25.6 Å². The summed E-state index contributed by atoms with van der Waals surface area (Å²) in [6.45, 7) is 2.33. The molecule has 0 aromatic heterocycles.